The molecule has 0 amide bonds. The summed E-state index contributed by atoms with van der Waals surface area (Å²) in [7, 11) is -2.81. The summed E-state index contributed by atoms with van der Waals surface area (Å²) in [6.45, 7) is 1.78. The van der Waals surface area contributed by atoms with Crippen molar-refractivity contribution in [3.8, 4) is 29.1 Å². The van der Waals surface area contributed by atoms with Crippen LogP contribution in [0.5, 0.6) is 23.0 Å². The van der Waals surface area contributed by atoms with Crippen molar-refractivity contribution >= 4 is 32.7 Å². The van der Waals surface area contributed by atoms with Crippen molar-refractivity contribution in [2.75, 3.05) is 7.11 Å². The largest absolute Gasteiger partial charge is 0.497 e. The Balaban J connectivity index is 1.49. The number of rotatable bonds is 11. The average molecular weight is 701 g/mol. The molecule has 0 bridgehead atoms. The first-order valence-electron chi connectivity index (χ1n) is 14.8. The molecule has 0 saturated carbocycles. The second-order valence-corrected chi connectivity index (χ2v) is 13.7. The van der Waals surface area contributed by atoms with Crippen LogP contribution in [-0.4, -0.2) is 19.5 Å². The zero-order valence-corrected chi connectivity index (χ0v) is 27.7. The summed E-state index contributed by atoms with van der Waals surface area (Å²) in [5.74, 6) is -3.99. The number of fused-ring (bicyclic) bond motifs is 1. The molecule has 5 aromatic carbocycles. The van der Waals surface area contributed by atoms with Gasteiger partial charge in [0.2, 0.25) is 5.82 Å². The quantitative estimate of drug-likeness (QED) is 0.125. The van der Waals surface area contributed by atoms with Crippen molar-refractivity contribution in [1.82, 2.24) is 3.97 Å². The molecular formula is C37H27F3N2O5S2. The number of hydrogen-bond donors (Lipinski definition) is 0. The number of thioether (sulfide) groups is 1. The zero-order valence-electron chi connectivity index (χ0n) is 26.1. The highest BCUT2D eigenvalue weighted by Gasteiger charge is 2.30. The average Bonchev–Trinajstić information content (AvgIpc) is 3.57. The monoisotopic (exact) mass is 700 g/mol. The molecule has 0 saturated heterocycles. The number of ether oxygens (including phenoxy) is 3. The summed E-state index contributed by atoms with van der Waals surface area (Å²) >= 11 is 1.08. The number of aryl methyl sites for hydroxylation is 1. The van der Waals surface area contributed by atoms with E-state index in [1.165, 1.54) is 25.3 Å². The van der Waals surface area contributed by atoms with E-state index in [0.29, 0.717) is 9.72 Å². The number of nitrogens with zero attached hydrogens (tertiary/aromatic N) is 2. The fourth-order valence-electron chi connectivity index (χ4n) is 5.03. The van der Waals surface area contributed by atoms with Crippen molar-refractivity contribution in [3.05, 3.63) is 143 Å². The van der Waals surface area contributed by atoms with Crippen molar-refractivity contribution in [3.63, 3.8) is 0 Å². The van der Waals surface area contributed by atoms with Gasteiger partial charge in [-0.15, -0.1) is 11.8 Å². The summed E-state index contributed by atoms with van der Waals surface area (Å²) in [5, 5.41) is 9.60. The number of nitriles is 1. The van der Waals surface area contributed by atoms with Crippen LogP contribution < -0.4 is 14.2 Å². The molecule has 6 aromatic rings. The van der Waals surface area contributed by atoms with Crippen molar-refractivity contribution in [2.45, 2.75) is 29.1 Å². The maximum atomic E-state index is 16.3. The summed E-state index contributed by atoms with van der Waals surface area (Å²) < 4.78 is 92.4. The topological polar surface area (TPSA) is 90.6 Å². The predicted octanol–water partition coefficient (Wildman–Crippen LogP) is 9.15. The van der Waals surface area contributed by atoms with Gasteiger partial charge in [0.15, 0.2) is 23.1 Å². The highest BCUT2D eigenvalue weighted by atomic mass is 32.2. The summed E-state index contributed by atoms with van der Waals surface area (Å²) in [6, 6.07) is 27.1. The molecule has 0 aliphatic heterocycles. The lowest BCUT2D eigenvalue weighted by Crippen LogP contribution is -2.13. The Morgan fingerprint density at radius 3 is 2.24 bits per heavy atom. The summed E-state index contributed by atoms with van der Waals surface area (Å²) in [5.41, 5.74) is 1.43. The lowest BCUT2D eigenvalue weighted by molar-refractivity contribution is 0.286. The smallest absolute Gasteiger partial charge is 0.268 e. The molecule has 12 heteroatoms. The van der Waals surface area contributed by atoms with Crippen molar-refractivity contribution in [2.24, 2.45) is 0 Å². The molecule has 49 heavy (non-hydrogen) atoms. The number of aromatic nitrogens is 1. The molecule has 1 heterocycles. The molecule has 6 rings (SSSR count). The van der Waals surface area contributed by atoms with Gasteiger partial charge in [0.1, 0.15) is 29.8 Å². The minimum Gasteiger partial charge on any atom is -0.497 e. The second-order valence-electron chi connectivity index (χ2n) is 10.9. The summed E-state index contributed by atoms with van der Waals surface area (Å²) in [6.07, 6.45) is 1.16. The standard InChI is InChI=1S/C37H27F3N2O5S2/c1-23-8-14-28(15-9-23)49(43,44)42-17-16-29-35(42)33(39)34(40)36(37(29)48-22-25-10-12-27(45-2)13-11-25)47-32-18-26(20-41)30(38)19-31(32)46-21-24-6-4-3-5-7-24/h3-19H,21-22H2,1-2H3. The van der Waals surface area contributed by atoms with Crippen LogP contribution in [0.1, 0.15) is 22.3 Å². The third-order valence-electron chi connectivity index (χ3n) is 7.63. The molecule has 0 unspecified atom stereocenters. The molecule has 0 aliphatic carbocycles. The van der Waals surface area contributed by atoms with Crippen LogP contribution in [0.25, 0.3) is 10.9 Å². The van der Waals surface area contributed by atoms with Crippen LogP contribution in [-0.2, 0) is 22.4 Å². The van der Waals surface area contributed by atoms with E-state index in [2.05, 4.69) is 0 Å². The van der Waals surface area contributed by atoms with Gasteiger partial charge in [-0.05, 0) is 48.4 Å². The molecule has 0 aliphatic rings. The zero-order chi connectivity index (χ0) is 34.7. The molecule has 7 nitrogen and oxygen atoms in total. The van der Waals surface area contributed by atoms with E-state index in [4.69, 9.17) is 14.2 Å². The van der Waals surface area contributed by atoms with Gasteiger partial charge in [-0.3, -0.25) is 0 Å². The highest BCUT2D eigenvalue weighted by Crippen LogP contribution is 2.46. The van der Waals surface area contributed by atoms with Gasteiger partial charge in [-0.25, -0.2) is 21.2 Å². The van der Waals surface area contributed by atoms with E-state index >= 15 is 8.78 Å². The molecule has 0 fully saturated rings. The Kier molecular flexibility index (Phi) is 9.58. The number of halogens is 3. The fourth-order valence-corrected chi connectivity index (χ4v) is 7.47. The van der Waals surface area contributed by atoms with Crippen LogP contribution in [0.15, 0.2) is 113 Å². The van der Waals surface area contributed by atoms with E-state index in [-0.39, 0.29) is 39.0 Å². The number of methoxy groups -OCH3 is 1. The van der Waals surface area contributed by atoms with Crippen LogP contribution in [0.4, 0.5) is 13.2 Å². The normalized spacial score (nSPS) is 11.3. The first-order chi connectivity index (χ1) is 23.6. The molecule has 0 N–H and O–H groups in total. The Hall–Kier alpha value is -5.38. The summed E-state index contributed by atoms with van der Waals surface area (Å²) in [4.78, 5) is -0.0434. The second kappa shape index (κ2) is 14.0. The molecule has 1 aromatic heterocycles. The van der Waals surface area contributed by atoms with E-state index in [1.54, 1.807) is 73.7 Å². The fraction of sp³-hybridized carbons (Fsp3) is 0.108. The molecule has 0 radical (unpaired) electrons. The Labute approximate surface area is 285 Å². The first-order valence-corrected chi connectivity index (χ1v) is 17.2. The maximum Gasteiger partial charge on any atom is 0.268 e. The van der Waals surface area contributed by atoms with Gasteiger partial charge in [-0.2, -0.15) is 9.65 Å². The highest BCUT2D eigenvalue weighted by molar-refractivity contribution is 7.98. The van der Waals surface area contributed by atoms with Gasteiger partial charge >= 0.3 is 0 Å². The van der Waals surface area contributed by atoms with Crippen molar-refractivity contribution < 1.29 is 35.8 Å². The Bertz CT molecular complexity index is 2300. The lowest BCUT2D eigenvalue weighted by Gasteiger charge is -2.18. The Morgan fingerprint density at radius 1 is 0.857 bits per heavy atom. The minimum atomic E-state index is -4.35. The van der Waals surface area contributed by atoms with Crippen LogP contribution in [0.2, 0.25) is 0 Å². The van der Waals surface area contributed by atoms with Crippen LogP contribution >= 0.6 is 11.8 Å². The SMILES string of the molecule is COc1ccc(CSc2c(Oc3cc(C#N)c(F)cc3OCc3ccccc3)c(F)c(F)c3c2ccn3S(=O)(=O)c2ccc(C)cc2)cc1. The molecular weight excluding hydrogens is 674 g/mol. The third kappa shape index (κ3) is 6.81. The number of hydrogen-bond acceptors (Lipinski definition) is 7. The lowest BCUT2D eigenvalue weighted by atomic mass is 10.2. The molecule has 0 spiro atoms. The predicted molar refractivity (Wildman–Crippen MR) is 180 cm³/mol. The van der Waals surface area contributed by atoms with E-state index < -0.39 is 44.3 Å². The van der Waals surface area contributed by atoms with E-state index in [9.17, 15) is 18.1 Å². The van der Waals surface area contributed by atoms with Crippen LogP contribution in [0.3, 0.4) is 0 Å². The van der Waals surface area contributed by atoms with Gasteiger partial charge in [0, 0.05) is 29.5 Å². The third-order valence-corrected chi connectivity index (χ3v) is 10.5. The van der Waals surface area contributed by atoms with E-state index in [1.807, 2.05) is 6.07 Å². The Morgan fingerprint density at radius 2 is 1.57 bits per heavy atom. The number of benzene rings is 5. The molecule has 0 atom stereocenters. The van der Waals surface area contributed by atoms with Crippen molar-refractivity contribution in [1.29, 1.82) is 5.26 Å². The minimum absolute atomic E-state index is 0.0167. The first kappa shape index (κ1) is 33.5. The van der Waals surface area contributed by atoms with Gasteiger partial charge in [-0.1, -0.05) is 60.2 Å². The van der Waals surface area contributed by atoms with Crippen LogP contribution in [0, 0.1) is 35.7 Å². The maximum absolute atomic E-state index is 16.3. The van der Waals surface area contributed by atoms with Gasteiger partial charge < -0.3 is 14.2 Å². The van der Waals surface area contributed by atoms with Gasteiger partial charge in [0.05, 0.1) is 22.5 Å². The molecule has 248 valence electrons. The van der Waals surface area contributed by atoms with E-state index in [0.717, 1.165) is 46.8 Å². The van der Waals surface area contributed by atoms with Gasteiger partial charge in [0.25, 0.3) is 10.0 Å².